The number of aromatic nitrogens is 2. The molecule has 5 heteroatoms. The molecule has 0 saturated heterocycles. The highest BCUT2D eigenvalue weighted by Crippen LogP contribution is 2.16. The first kappa shape index (κ1) is 14.9. The third-order valence-electron chi connectivity index (χ3n) is 3.87. The summed E-state index contributed by atoms with van der Waals surface area (Å²) in [4.78, 5) is 4.41. The number of nitrogens with one attached hydrogen (secondary N) is 1. The molecular formula is C15H27N5. The standard InChI is InChI=1S/C15H27N5/c1-12-11-13(2)20(19-12)10-6-9-17-15(16)18-14-7-4-3-5-8-14/h11,14H,3-10H2,1-2H3,(H3,16,17,18). The van der Waals surface area contributed by atoms with Crippen LogP contribution in [-0.2, 0) is 6.54 Å². The lowest BCUT2D eigenvalue weighted by Gasteiger charge is -2.23. The molecule has 1 aromatic rings. The number of hydrogen-bond donors (Lipinski definition) is 2. The molecule has 0 aromatic carbocycles. The Labute approximate surface area is 121 Å². The molecule has 0 aliphatic heterocycles. The van der Waals surface area contributed by atoms with E-state index in [2.05, 4.69) is 28.4 Å². The Morgan fingerprint density at radius 2 is 2.15 bits per heavy atom. The molecule has 3 N–H and O–H groups in total. The second-order valence-corrected chi connectivity index (χ2v) is 5.75. The maximum absolute atomic E-state index is 5.93. The number of hydrogen-bond acceptors (Lipinski definition) is 2. The van der Waals surface area contributed by atoms with Gasteiger partial charge in [0.05, 0.1) is 5.69 Å². The minimum Gasteiger partial charge on any atom is -0.370 e. The molecule has 1 heterocycles. The molecule has 1 saturated carbocycles. The van der Waals surface area contributed by atoms with Crippen LogP contribution in [-0.4, -0.2) is 28.3 Å². The molecule has 0 amide bonds. The van der Waals surface area contributed by atoms with Crippen molar-refractivity contribution >= 4 is 5.96 Å². The van der Waals surface area contributed by atoms with Crippen LogP contribution in [0.25, 0.3) is 0 Å². The van der Waals surface area contributed by atoms with Crippen LogP contribution in [0, 0.1) is 13.8 Å². The van der Waals surface area contributed by atoms with E-state index >= 15 is 0 Å². The molecule has 1 fully saturated rings. The van der Waals surface area contributed by atoms with Crippen molar-refractivity contribution in [3.8, 4) is 0 Å². The van der Waals surface area contributed by atoms with Crippen molar-refractivity contribution in [2.75, 3.05) is 6.54 Å². The summed E-state index contributed by atoms with van der Waals surface area (Å²) in [7, 11) is 0. The number of guanidine groups is 1. The fourth-order valence-electron chi connectivity index (χ4n) is 2.82. The maximum atomic E-state index is 5.93. The number of aryl methyl sites for hydroxylation is 3. The van der Waals surface area contributed by atoms with Crippen molar-refractivity contribution in [3.63, 3.8) is 0 Å². The van der Waals surface area contributed by atoms with Crippen molar-refractivity contribution in [3.05, 3.63) is 17.5 Å². The van der Waals surface area contributed by atoms with E-state index in [4.69, 9.17) is 5.73 Å². The van der Waals surface area contributed by atoms with Gasteiger partial charge in [-0.25, -0.2) is 0 Å². The Hall–Kier alpha value is -1.52. The summed E-state index contributed by atoms with van der Waals surface area (Å²) in [5.41, 5.74) is 8.22. The first-order valence-electron chi connectivity index (χ1n) is 7.72. The molecule has 0 spiro atoms. The Balaban J connectivity index is 1.68. The van der Waals surface area contributed by atoms with Gasteiger partial charge in [0.1, 0.15) is 0 Å². The van der Waals surface area contributed by atoms with Gasteiger partial charge in [0.25, 0.3) is 0 Å². The Kier molecular flexibility index (Phi) is 5.44. The van der Waals surface area contributed by atoms with Crippen molar-refractivity contribution in [1.29, 1.82) is 0 Å². The van der Waals surface area contributed by atoms with Crippen LogP contribution < -0.4 is 11.1 Å². The zero-order valence-corrected chi connectivity index (χ0v) is 12.7. The van der Waals surface area contributed by atoms with Crippen LogP contribution in [0.1, 0.15) is 49.9 Å². The zero-order valence-electron chi connectivity index (χ0n) is 12.7. The third kappa shape index (κ3) is 4.54. The average Bonchev–Trinajstić information content (AvgIpc) is 2.74. The van der Waals surface area contributed by atoms with Gasteiger partial charge in [-0.15, -0.1) is 0 Å². The molecule has 5 nitrogen and oxygen atoms in total. The number of aliphatic imine (C=N–C) groups is 1. The molecule has 1 aliphatic carbocycles. The van der Waals surface area contributed by atoms with Gasteiger partial charge >= 0.3 is 0 Å². The molecule has 20 heavy (non-hydrogen) atoms. The summed E-state index contributed by atoms with van der Waals surface area (Å²) < 4.78 is 2.04. The molecule has 0 unspecified atom stereocenters. The van der Waals surface area contributed by atoms with Gasteiger partial charge < -0.3 is 11.1 Å². The molecular weight excluding hydrogens is 250 g/mol. The lowest BCUT2D eigenvalue weighted by molar-refractivity contribution is 0.412. The predicted molar refractivity (Wildman–Crippen MR) is 82.8 cm³/mol. The monoisotopic (exact) mass is 277 g/mol. The molecule has 1 aromatic heterocycles. The van der Waals surface area contributed by atoms with E-state index in [1.54, 1.807) is 0 Å². The molecule has 0 atom stereocenters. The largest absolute Gasteiger partial charge is 0.370 e. The highest BCUT2D eigenvalue weighted by atomic mass is 15.3. The van der Waals surface area contributed by atoms with Gasteiger partial charge in [0, 0.05) is 24.8 Å². The maximum Gasteiger partial charge on any atom is 0.188 e. The average molecular weight is 277 g/mol. The highest BCUT2D eigenvalue weighted by molar-refractivity contribution is 5.78. The minimum atomic E-state index is 0.531. The molecule has 1 aliphatic rings. The van der Waals surface area contributed by atoms with E-state index < -0.39 is 0 Å². The highest BCUT2D eigenvalue weighted by Gasteiger charge is 2.13. The summed E-state index contributed by atoms with van der Waals surface area (Å²) in [6.45, 7) is 5.76. The topological polar surface area (TPSA) is 68.2 Å². The van der Waals surface area contributed by atoms with E-state index in [0.717, 1.165) is 25.2 Å². The Bertz CT molecular complexity index is 443. The van der Waals surface area contributed by atoms with Gasteiger partial charge in [-0.1, -0.05) is 19.3 Å². The molecule has 112 valence electrons. The number of nitrogens with zero attached hydrogens (tertiary/aromatic N) is 3. The van der Waals surface area contributed by atoms with E-state index in [1.165, 1.54) is 37.8 Å². The normalized spacial score (nSPS) is 17.4. The van der Waals surface area contributed by atoms with Crippen molar-refractivity contribution in [2.45, 2.75) is 65.0 Å². The Morgan fingerprint density at radius 3 is 2.80 bits per heavy atom. The molecule has 2 rings (SSSR count). The summed E-state index contributed by atoms with van der Waals surface area (Å²) in [6, 6.07) is 2.63. The number of nitrogens with two attached hydrogens (primary N) is 1. The fraction of sp³-hybridized carbons (Fsp3) is 0.733. The minimum absolute atomic E-state index is 0.531. The van der Waals surface area contributed by atoms with Crippen LogP contribution in [0.15, 0.2) is 11.1 Å². The quantitative estimate of drug-likeness (QED) is 0.492. The first-order chi connectivity index (χ1) is 9.65. The van der Waals surface area contributed by atoms with Crippen LogP contribution in [0.4, 0.5) is 0 Å². The first-order valence-corrected chi connectivity index (χ1v) is 7.72. The zero-order chi connectivity index (χ0) is 14.4. The SMILES string of the molecule is Cc1cc(C)n(CCCN=C(N)NC2CCCCC2)n1. The van der Waals surface area contributed by atoms with Crippen LogP contribution in [0.5, 0.6) is 0 Å². The van der Waals surface area contributed by atoms with Crippen molar-refractivity contribution in [2.24, 2.45) is 10.7 Å². The van der Waals surface area contributed by atoms with E-state index in [1.807, 2.05) is 11.6 Å². The second-order valence-electron chi connectivity index (χ2n) is 5.75. The third-order valence-corrected chi connectivity index (χ3v) is 3.87. The van der Waals surface area contributed by atoms with E-state index in [9.17, 15) is 0 Å². The summed E-state index contributed by atoms with van der Waals surface area (Å²) >= 11 is 0. The second kappa shape index (κ2) is 7.31. The van der Waals surface area contributed by atoms with Crippen molar-refractivity contribution < 1.29 is 0 Å². The smallest absolute Gasteiger partial charge is 0.188 e. The van der Waals surface area contributed by atoms with Gasteiger partial charge in [0.15, 0.2) is 5.96 Å². The molecule has 0 radical (unpaired) electrons. The van der Waals surface area contributed by atoms with Gasteiger partial charge in [0.2, 0.25) is 0 Å². The summed E-state index contributed by atoms with van der Waals surface area (Å²) in [5.74, 6) is 0.602. The van der Waals surface area contributed by atoms with Gasteiger partial charge in [-0.2, -0.15) is 5.10 Å². The summed E-state index contributed by atoms with van der Waals surface area (Å²) in [5, 5.41) is 7.78. The molecule has 0 bridgehead atoms. The fourth-order valence-corrected chi connectivity index (χ4v) is 2.82. The summed E-state index contributed by atoms with van der Waals surface area (Å²) in [6.07, 6.45) is 7.39. The Morgan fingerprint density at radius 1 is 1.40 bits per heavy atom. The lowest BCUT2D eigenvalue weighted by Crippen LogP contribution is -2.41. The van der Waals surface area contributed by atoms with Gasteiger partial charge in [-0.3, -0.25) is 9.67 Å². The van der Waals surface area contributed by atoms with E-state index in [0.29, 0.717) is 12.0 Å². The van der Waals surface area contributed by atoms with Crippen LogP contribution in [0.2, 0.25) is 0 Å². The van der Waals surface area contributed by atoms with Crippen LogP contribution >= 0.6 is 0 Å². The predicted octanol–water partition coefficient (Wildman–Crippen LogP) is 2.13. The van der Waals surface area contributed by atoms with Gasteiger partial charge in [-0.05, 0) is 39.2 Å². The van der Waals surface area contributed by atoms with Crippen LogP contribution in [0.3, 0.4) is 0 Å². The number of rotatable bonds is 5. The lowest BCUT2D eigenvalue weighted by atomic mass is 9.96. The van der Waals surface area contributed by atoms with E-state index in [-0.39, 0.29) is 0 Å². The van der Waals surface area contributed by atoms with Crippen molar-refractivity contribution in [1.82, 2.24) is 15.1 Å².